The van der Waals surface area contributed by atoms with Crippen LogP contribution in [0.25, 0.3) is 0 Å². The maximum Gasteiger partial charge on any atom is 0.225 e. The van der Waals surface area contributed by atoms with Gasteiger partial charge in [-0.2, -0.15) is 0 Å². The van der Waals surface area contributed by atoms with Gasteiger partial charge in [-0.05, 0) is 25.7 Å². The molecule has 1 saturated carbocycles. The summed E-state index contributed by atoms with van der Waals surface area (Å²) in [6, 6.07) is 0.368. The highest BCUT2D eigenvalue weighted by Gasteiger charge is 2.30. The van der Waals surface area contributed by atoms with E-state index in [0.717, 1.165) is 32.2 Å². The number of nitrogens with zero attached hydrogens (tertiary/aromatic N) is 1. The summed E-state index contributed by atoms with van der Waals surface area (Å²) in [6.45, 7) is 5.27. The molecular formula is C16H28N2O2. The summed E-state index contributed by atoms with van der Waals surface area (Å²) in [5.41, 5.74) is 0. The van der Waals surface area contributed by atoms with Gasteiger partial charge in [-0.1, -0.05) is 33.1 Å². The van der Waals surface area contributed by atoms with Crippen LogP contribution in [0.15, 0.2) is 0 Å². The normalized spacial score (nSPS) is 24.8. The van der Waals surface area contributed by atoms with Crippen LogP contribution in [-0.4, -0.2) is 35.8 Å². The van der Waals surface area contributed by atoms with E-state index in [1.165, 1.54) is 19.3 Å². The predicted octanol–water partition coefficient (Wildman–Crippen LogP) is 2.33. The van der Waals surface area contributed by atoms with Gasteiger partial charge in [0.25, 0.3) is 0 Å². The van der Waals surface area contributed by atoms with E-state index in [0.29, 0.717) is 12.6 Å². The number of likely N-dealkylation sites (tertiary alicyclic amines) is 1. The summed E-state index contributed by atoms with van der Waals surface area (Å²) in [7, 11) is 0. The van der Waals surface area contributed by atoms with Crippen molar-refractivity contribution in [3.8, 4) is 0 Å². The second kappa shape index (κ2) is 7.09. The summed E-state index contributed by atoms with van der Waals surface area (Å²) in [5, 5.41) is 3.20. The lowest BCUT2D eigenvalue weighted by Crippen LogP contribution is -2.48. The van der Waals surface area contributed by atoms with E-state index in [1.807, 2.05) is 18.7 Å². The summed E-state index contributed by atoms with van der Waals surface area (Å²) in [4.78, 5) is 26.3. The quantitative estimate of drug-likeness (QED) is 0.862. The minimum Gasteiger partial charge on any atom is -0.353 e. The Labute approximate surface area is 122 Å². The van der Waals surface area contributed by atoms with Crippen molar-refractivity contribution in [3.05, 3.63) is 0 Å². The second-order valence-corrected chi connectivity index (χ2v) is 6.62. The van der Waals surface area contributed by atoms with E-state index in [4.69, 9.17) is 0 Å². The molecule has 0 aromatic carbocycles. The van der Waals surface area contributed by atoms with Crippen LogP contribution in [0.3, 0.4) is 0 Å². The first kappa shape index (κ1) is 15.3. The Kier molecular flexibility index (Phi) is 5.44. The summed E-state index contributed by atoms with van der Waals surface area (Å²) < 4.78 is 0. The van der Waals surface area contributed by atoms with Crippen LogP contribution in [0.4, 0.5) is 0 Å². The monoisotopic (exact) mass is 280 g/mol. The van der Waals surface area contributed by atoms with Crippen LogP contribution in [0, 0.1) is 11.8 Å². The van der Waals surface area contributed by atoms with Gasteiger partial charge >= 0.3 is 0 Å². The number of hydrogen-bond acceptors (Lipinski definition) is 2. The highest BCUT2D eigenvalue weighted by Crippen LogP contribution is 2.21. The molecule has 4 nitrogen and oxygen atoms in total. The van der Waals surface area contributed by atoms with E-state index in [2.05, 4.69) is 5.32 Å². The molecular weight excluding hydrogens is 252 g/mol. The van der Waals surface area contributed by atoms with Crippen LogP contribution in [-0.2, 0) is 9.59 Å². The van der Waals surface area contributed by atoms with Crippen molar-refractivity contribution < 1.29 is 9.59 Å². The molecule has 2 aliphatic rings. The van der Waals surface area contributed by atoms with Crippen molar-refractivity contribution >= 4 is 11.8 Å². The fourth-order valence-corrected chi connectivity index (χ4v) is 3.32. The van der Waals surface area contributed by atoms with E-state index >= 15 is 0 Å². The van der Waals surface area contributed by atoms with Crippen LogP contribution >= 0.6 is 0 Å². The minimum atomic E-state index is -0.00613. The minimum absolute atomic E-state index is 0.00613. The summed E-state index contributed by atoms with van der Waals surface area (Å²) in [5.74, 6) is 0.363. The number of carbonyl (C=O) groups is 2. The van der Waals surface area contributed by atoms with Crippen LogP contribution in [0.5, 0.6) is 0 Å². The Morgan fingerprint density at radius 3 is 2.40 bits per heavy atom. The SMILES string of the molecule is CC(C)C(=O)N1CCCC(C(=O)NC2CCCCC2)C1. The smallest absolute Gasteiger partial charge is 0.225 e. The number of rotatable bonds is 3. The molecule has 0 aromatic rings. The number of piperidine rings is 1. The first-order chi connectivity index (χ1) is 9.58. The lowest BCUT2D eigenvalue weighted by Gasteiger charge is -2.34. The molecule has 0 radical (unpaired) electrons. The van der Waals surface area contributed by atoms with E-state index in [9.17, 15) is 9.59 Å². The van der Waals surface area contributed by atoms with Gasteiger partial charge in [-0.25, -0.2) is 0 Å². The third-order valence-corrected chi connectivity index (χ3v) is 4.55. The predicted molar refractivity (Wildman–Crippen MR) is 79.2 cm³/mol. The fraction of sp³-hybridized carbons (Fsp3) is 0.875. The largest absolute Gasteiger partial charge is 0.353 e. The average Bonchev–Trinajstić information content (AvgIpc) is 2.47. The lowest BCUT2D eigenvalue weighted by molar-refractivity contribution is -0.138. The molecule has 20 heavy (non-hydrogen) atoms. The van der Waals surface area contributed by atoms with Crippen molar-refractivity contribution in [2.45, 2.75) is 64.8 Å². The highest BCUT2D eigenvalue weighted by molar-refractivity contribution is 5.82. The molecule has 2 amide bonds. The zero-order valence-corrected chi connectivity index (χ0v) is 12.9. The van der Waals surface area contributed by atoms with Crippen LogP contribution in [0.2, 0.25) is 0 Å². The zero-order valence-electron chi connectivity index (χ0n) is 12.9. The van der Waals surface area contributed by atoms with Crippen molar-refractivity contribution in [1.29, 1.82) is 0 Å². The van der Waals surface area contributed by atoms with Crippen molar-refractivity contribution in [1.82, 2.24) is 10.2 Å². The van der Waals surface area contributed by atoms with Crippen LogP contribution in [0.1, 0.15) is 58.8 Å². The third-order valence-electron chi connectivity index (χ3n) is 4.55. The van der Waals surface area contributed by atoms with Gasteiger partial charge in [0.1, 0.15) is 0 Å². The van der Waals surface area contributed by atoms with Crippen LogP contribution < -0.4 is 5.32 Å². The molecule has 4 heteroatoms. The second-order valence-electron chi connectivity index (χ2n) is 6.62. The van der Waals surface area contributed by atoms with Gasteiger partial charge in [0.05, 0.1) is 5.92 Å². The molecule has 0 bridgehead atoms. The molecule has 2 rings (SSSR count). The highest BCUT2D eigenvalue weighted by atomic mass is 16.2. The number of hydrogen-bond donors (Lipinski definition) is 1. The molecule has 1 unspecified atom stereocenters. The Hall–Kier alpha value is -1.06. The van der Waals surface area contributed by atoms with E-state index in [1.54, 1.807) is 0 Å². The first-order valence-electron chi connectivity index (χ1n) is 8.17. The van der Waals surface area contributed by atoms with Gasteiger partial charge in [0, 0.05) is 25.0 Å². The van der Waals surface area contributed by atoms with Gasteiger partial charge in [0.15, 0.2) is 0 Å². The Balaban J connectivity index is 1.84. The molecule has 114 valence electrons. The molecule has 1 saturated heterocycles. The topological polar surface area (TPSA) is 49.4 Å². The first-order valence-corrected chi connectivity index (χ1v) is 8.17. The average molecular weight is 280 g/mol. The van der Waals surface area contributed by atoms with E-state index < -0.39 is 0 Å². The summed E-state index contributed by atoms with van der Waals surface area (Å²) >= 11 is 0. The van der Waals surface area contributed by atoms with Gasteiger partial charge in [-0.3, -0.25) is 9.59 Å². The standard InChI is InChI=1S/C16H28N2O2/c1-12(2)16(20)18-10-6-7-13(11-18)15(19)17-14-8-4-3-5-9-14/h12-14H,3-11H2,1-2H3,(H,17,19). The van der Waals surface area contributed by atoms with Gasteiger partial charge in [-0.15, -0.1) is 0 Å². The van der Waals surface area contributed by atoms with Crippen molar-refractivity contribution in [2.24, 2.45) is 11.8 Å². The summed E-state index contributed by atoms with van der Waals surface area (Å²) in [6.07, 6.45) is 7.86. The molecule has 1 atom stereocenters. The van der Waals surface area contributed by atoms with Gasteiger partial charge in [0.2, 0.25) is 11.8 Å². The van der Waals surface area contributed by atoms with Crippen molar-refractivity contribution in [3.63, 3.8) is 0 Å². The van der Waals surface area contributed by atoms with E-state index in [-0.39, 0.29) is 23.7 Å². The third kappa shape index (κ3) is 3.97. The Morgan fingerprint density at radius 2 is 1.75 bits per heavy atom. The molecule has 1 heterocycles. The zero-order chi connectivity index (χ0) is 14.5. The Morgan fingerprint density at radius 1 is 1.05 bits per heavy atom. The molecule has 1 N–H and O–H groups in total. The van der Waals surface area contributed by atoms with Crippen molar-refractivity contribution in [2.75, 3.05) is 13.1 Å². The maximum absolute atomic E-state index is 12.4. The molecule has 0 spiro atoms. The number of amides is 2. The molecule has 0 aromatic heterocycles. The maximum atomic E-state index is 12.4. The molecule has 1 aliphatic carbocycles. The Bertz CT molecular complexity index is 348. The fourth-order valence-electron chi connectivity index (χ4n) is 3.32. The molecule has 2 fully saturated rings. The number of nitrogens with one attached hydrogen (secondary N) is 1. The molecule has 1 aliphatic heterocycles. The van der Waals surface area contributed by atoms with Gasteiger partial charge < -0.3 is 10.2 Å². The number of carbonyl (C=O) groups excluding carboxylic acids is 2. The lowest BCUT2D eigenvalue weighted by atomic mass is 9.92.